The lowest BCUT2D eigenvalue weighted by Gasteiger charge is -2.43. The van der Waals surface area contributed by atoms with Crippen LogP contribution < -0.4 is 15.4 Å². The number of halogens is 2. The fourth-order valence-corrected chi connectivity index (χ4v) is 6.59. The van der Waals surface area contributed by atoms with Gasteiger partial charge in [0.1, 0.15) is 5.69 Å². The van der Waals surface area contributed by atoms with Crippen LogP contribution in [0.25, 0.3) is 10.9 Å². The molecular weight excluding hydrogens is 553 g/mol. The van der Waals surface area contributed by atoms with Crippen molar-refractivity contribution < 1.29 is 22.8 Å². The molecule has 38 heavy (non-hydrogen) atoms. The van der Waals surface area contributed by atoms with Gasteiger partial charge in [0.25, 0.3) is 5.91 Å². The summed E-state index contributed by atoms with van der Waals surface area (Å²) >= 11 is 12.6. The topological polar surface area (TPSA) is 130 Å². The Morgan fingerprint density at radius 1 is 1.08 bits per heavy atom. The molecule has 0 saturated carbocycles. The molecule has 3 N–H and O–H groups in total. The maximum atomic E-state index is 13.7. The van der Waals surface area contributed by atoms with E-state index in [0.29, 0.717) is 27.5 Å². The number of hydrogen-bond donors (Lipinski definition) is 3. The first-order valence-electron chi connectivity index (χ1n) is 12.0. The van der Waals surface area contributed by atoms with E-state index in [-0.39, 0.29) is 43.8 Å². The van der Waals surface area contributed by atoms with Crippen molar-refractivity contribution >= 4 is 62.0 Å². The number of hydrogen-bond acceptors (Lipinski definition) is 5. The third-order valence-electron chi connectivity index (χ3n) is 6.90. The third-order valence-corrected chi connectivity index (χ3v) is 9.31. The lowest BCUT2D eigenvalue weighted by atomic mass is 9.78. The molecule has 10 nitrogen and oxygen atoms in total. The van der Waals surface area contributed by atoms with Crippen LogP contribution in [-0.4, -0.2) is 59.7 Å². The van der Waals surface area contributed by atoms with Crippen LogP contribution in [0.15, 0.2) is 42.0 Å². The smallest absolute Gasteiger partial charge is 0.303 e. The maximum absolute atomic E-state index is 13.7. The summed E-state index contributed by atoms with van der Waals surface area (Å²) in [5.41, 5.74) is 0.936. The van der Waals surface area contributed by atoms with Crippen LogP contribution in [0.4, 0.5) is 0 Å². The minimum Gasteiger partial charge on any atom is -0.350 e. The zero-order valence-corrected chi connectivity index (χ0v) is 23.5. The summed E-state index contributed by atoms with van der Waals surface area (Å²) in [6, 6.07) is 4.86. The first-order chi connectivity index (χ1) is 17.8. The standard InChI is InChI=1S/C25H29Cl2N5O5S/c1-15(33)28-18-6-4-5-17(13-18)25(9-11-32(12-10-25)38(36,37)30-16(2)34)29-24(35)22-14-19-21(31(22)3)8-7-20(26)23(19)27/h4-5,7-8,13-14,18H,6,9-12H2,1-3H3,(H,28,33)(H,29,35)(H,30,34). The lowest BCUT2D eigenvalue weighted by molar-refractivity contribution is -0.119. The quantitative estimate of drug-likeness (QED) is 0.483. The summed E-state index contributed by atoms with van der Waals surface area (Å²) in [4.78, 5) is 36.8. The van der Waals surface area contributed by atoms with E-state index in [9.17, 15) is 22.8 Å². The number of rotatable bonds is 6. The SMILES string of the molecule is CC(=O)NC1C=C(C2(NC(=O)c3cc4c(Cl)c(Cl)ccc4n3C)CCN(S(=O)(=O)NC(C)=O)CC2)C=CC1. The van der Waals surface area contributed by atoms with Crippen LogP contribution in [0, 0.1) is 0 Å². The molecule has 2 aliphatic rings. The van der Waals surface area contributed by atoms with Crippen molar-refractivity contribution in [2.75, 3.05) is 13.1 Å². The van der Waals surface area contributed by atoms with E-state index in [1.165, 1.54) is 11.2 Å². The number of carbonyl (C=O) groups is 3. The molecule has 3 amide bonds. The first kappa shape index (κ1) is 28.2. The molecule has 0 radical (unpaired) electrons. The predicted octanol–water partition coefficient (Wildman–Crippen LogP) is 2.82. The number of aromatic nitrogens is 1. The average Bonchev–Trinajstić information content (AvgIpc) is 3.18. The zero-order valence-electron chi connectivity index (χ0n) is 21.2. The normalized spacial score (nSPS) is 19.6. The van der Waals surface area contributed by atoms with E-state index in [4.69, 9.17) is 23.2 Å². The van der Waals surface area contributed by atoms with Crippen molar-refractivity contribution in [1.29, 1.82) is 0 Å². The molecule has 0 bridgehead atoms. The number of aryl methyl sites for hydroxylation is 1. The number of nitrogens with zero attached hydrogens (tertiary/aromatic N) is 2. The minimum atomic E-state index is -4.01. The molecule has 1 unspecified atom stereocenters. The van der Waals surface area contributed by atoms with Crippen LogP contribution in [-0.2, 0) is 26.8 Å². The van der Waals surface area contributed by atoms with Gasteiger partial charge in [-0.2, -0.15) is 12.7 Å². The minimum absolute atomic E-state index is 0.0649. The number of piperidine rings is 1. The summed E-state index contributed by atoms with van der Waals surface area (Å²) in [5, 5.41) is 7.41. The molecule has 1 aliphatic carbocycles. The summed E-state index contributed by atoms with van der Waals surface area (Å²) in [6.45, 7) is 2.70. The van der Waals surface area contributed by atoms with Gasteiger partial charge >= 0.3 is 10.2 Å². The molecule has 1 saturated heterocycles. The van der Waals surface area contributed by atoms with Gasteiger partial charge in [0, 0.05) is 44.9 Å². The predicted molar refractivity (Wildman–Crippen MR) is 146 cm³/mol. The molecule has 1 aromatic heterocycles. The number of amides is 3. The number of carbonyl (C=O) groups excluding carboxylic acids is 3. The van der Waals surface area contributed by atoms with Crippen LogP contribution in [0.3, 0.4) is 0 Å². The zero-order chi connectivity index (χ0) is 27.8. The molecule has 2 heterocycles. The summed E-state index contributed by atoms with van der Waals surface area (Å²) in [7, 11) is -2.26. The van der Waals surface area contributed by atoms with Crippen molar-refractivity contribution in [2.24, 2.45) is 7.05 Å². The Kier molecular flexibility index (Phi) is 7.94. The largest absolute Gasteiger partial charge is 0.350 e. The van der Waals surface area contributed by atoms with E-state index < -0.39 is 21.7 Å². The summed E-state index contributed by atoms with van der Waals surface area (Å²) in [5.74, 6) is -1.23. The van der Waals surface area contributed by atoms with Gasteiger partial charge in [-0.15, -0.1) is 0 Å². The van der Waals surface area contributed by atoms with Crippen molar-refractivity contribution in [1.82, 2.24) is 24.2 Å². The number of benzene rings is 1. The molecule has 1 aliphatic heterocycles. The van der Waals surface area contributed by atoms with Gasteiger partial charge in [-0.1, -0.05) is 41.4 Å². The van der Waals surface area contributed by atoms with Crippen LogP contribution in [0.5, 0.6) is 0 Å². The van der Waals surface area contributed by atoms with Crippen molar-refractivity contribution in [3.63, 3.8) is 0 Å². The Labute approximate surface area is 231 Å². The number of fused-ring (bicyclic) bond motifs is 1. The summed E-state index contributed by atoms with van der Waals surface area (Å²) in [6.07, 6.45) is 6.81. The van der Waals surface area contributed by atoms with Gasteiger partial charge in [-0.05, 0) is 43.0 Å². The average molecular weight is 583 g/mol. The van der Waals surface area contributed by atoms with Gasteiger partial charge in [0.2, 0.25) is 11.8 Å². The van der Waals surface area contributed by atoms with Crippen LogP contribution in [0.2, 0.25) is 10.0 Å². The van der Waals surface area contributed by atoms with Crippen LogP contribution in [0.1, 0.15) is 43.6 Å². The Morgan fingerprint density at radius 3 is 2.39 bits per heavy atom. The van der Waals surface area contributed by atoms with E-state index in [2.05, 4.69) is 10.6 Å². The highest BCUT2D eigenvalue weighted by Crippen LogP contribution is 2.36. The highest BCUT2D eigenvalue weighted by molar-refractivity contribution is 7.87. The highest BCUT2D eigenvalue weighted by Gasteiger charge is 2.42. The van der Waals surface area contributed by atoms with Gasteiger partial charge in [-0.3, -0.25) is 14.4 Å². The molecule has 1 aromatic carbocycles. The molecule has 1 atom stereocenters. The Morgan fingerprint density at radius 2 is 1.76 bits per heavy atom. The van der Waals surface area contributed by atoms with Crippen molar-refractivity contribution in [2.45, 2.75) is 44.7 Å². The van der Waals surface area contributed by atoms with E-state index >= 15 is 0 Å². The van der Waals surface area contributed by atoms with Gasteiger partial charge in [0.15, 0.2) is 0 Å². The van der Waals surface area contributed by atoms with E-state index in [1.807, 2.05) is 23.0 Å². The number of nitrogens with one attached hydrogen (secondary N) is 3. The first-order valence-corrected chi connectivity index (χ1v) is 14.2. The molecule has 1 fully saturated rings. The maximum Gasteiger partial charge on any atom is 0.303 e. The van der Waals surface area contributed by atoms with Crippen molar-refractivity contribution in [3.05, 3.63) is 57.7 Å². The Hall–Kier alpha value is -2.86. The van der Waals surface area contributed by atoms with Crippen LogP contribution >= 0.6 is 23.2 Å². The van der Waals surface area contributed by atoms with E-state index in [1.54, 1.807) is 29.8 Å². The van der Waals surface area contributed by atoms with Gasteiger partial charge in [-0.25, -0.2) is 4.72 Å². The summed E-state index contributed by atoms with van der Waals surface area (Å²) < 4.78 is 30.1. The van der Waals surface area contributed by atoms with Gasteiger partial charge < -0.3 is 15.2 Å². The van der Waals surface area contributed by atoms with E-state index in [0.717, 1.165) is 18.0 Å². The molecule has 0 spiro atoms. The van der Waals surface area contributed by atoms with Crippen molar-refractivity contribution in [3.8, 4) is 0 Å². The molecule has 4 rings (SSSR count). The lowest BCUT2D eigenvalue weighted by Crippen LogP contribution is -2.59. The molecule has 13 heteroatoms. The second kappa shape index (κ2) is 10.7. The Balaban J connectivity index is 1.69. The molecule has 204 valence electrons. The fraction of sp³-hybridized carbons (Fsp3) is 0.400. The Bertz CT molecular complexity index is 1470. The monoisotopic (exact) mass is 581 g/mol. The molecular formula is C25H29Cl2N5O5S. The molecule has 2 aromatic rings. The highest BCUT2D eigenvalue weighted by atomic mass is 35.5. The second-order valence-electron chi connectivity index (χ2n) is 9.55. The van der Waals surface area contributed by atoms with Gasteiger partial charge in [0.05, 0.1) is 21.6 Å². The second-order valence-corrected chi connectivity index (χ2v) is 12.0. The third kappa shape index (κ3) is 5.61. The fourth-order valence-electron chi connectivity index (χ4n) is 5.05.